The molecule has 0 radical (unpaired) electrons. The van der Waals surface area contributed by atoms with Crippen molar-refractivity contribution < 1.29 is 13.2 Å². The van der Waals surface area contributed by atoms with E-state index >= 15 is 0 Å². The third-order valence-corrected chi connectivity index (χ3v) is 7.88. The summed E-state index contributed by atoms with van der Waals surface area (Å²) in [7, 11) is 0. The predicted octanol–water partition coefficient (Wildman–Crippen LogP) is 3.28. The van der Waals surface area contributed by atoms with E-state index in [2.05, 4.69) is 0 Å². The van der Waals surface area contributed by atoms with Crippen LogP contribution < -0.4 is 8.92 Å². The normalized spacial score (nSPS) is 14.1. The van der Waals surface area contributed by atoms with Gasteiger partial charge in [-0.05, 0) is 0 Å². The van der Waals surface area contributed by atoms with Crippen LogP contribution in [-0.4, -0.2) is 19.0 Å². The van der Waals surface area contributed by atoms with Gasteiger partial charge in [0.25, 0.3) is 0 Å². The van der Waals surface area contributed by atoms with Gasteiger partial charge in [-0.1, -0.05) is 0 Å². The van der Waals surface area contributed by atoms with Crippen LogP contribution in [0.15, 0.2) is 72.8 Å². The fraction of sp³-hybridized carbons (Fsp3) is 0.0588. The summed E-state index contributed by atoms with van der Waals surface area (Å²) in [6.45, 7) is 0. The summed E-state index contributed by atoms with van der Waals surface area (Å²) in [6.07, 6.45) is 0. The Morgan fingerprint density at radius 1 is 0.667 bits per heavy atom. The predicted molar refractivity (Wildman–Crippen MR) is 82.9 cm³/mol. The van der Waals surface area contributed by atoms with Crippen LogP contribution in [0.4, 0.5) is 13.2 Å². The Labute approximate surface area is 125 Å². The molecule has 3 rings (SSSR count). The molecule has 0 amide bonds. The molecule has 0 N–H and O–H groups in total. The third-order valence-electron chi connectivity index (χ3n) is 3.28. The van der Waals surface area contributed by atoms with Crippen molar-refractivity contribution in [3.8, 4) is 0 Å². The molecule has 1 atom stereocenters. The Kier molecular flexibility index (Phi) is 3.75. The van der Waals surface area contributed by atoms with Crippen molar-refractivity contribution in [2.24, 2.45) is 0 Å². The number of hydrogen-bond donors (Lipinski definition) is 0. The summed E-state index contributed by atoms with van der Waals surface area (Å²) in [5.41, 5.74) is 0. The van der Waals surface area contributed by atoms with E-state index in [-0.39, 0.29) is 0 Å². The molecule has 0 aromatic heterocycles. The van der Waals surface area contributed by atoms with E-state index < -0.39 is 19.0 Å². The average Bonchev–Trinajstić information content (AvgIpc) is 2.47. The molecule has 0 saturated carbocycles. The van der Waals surface area contributed by atoms with Gasteiger partial charge < -0.3 is 0 Å². The number of halogens is 3. The summed E-state index contributed by atoms with van der Waals surface area (Å²) in [5.74, 6) is 0. The van der Waals surface area contributed by atoms with Crippen LogP contribution in [0.1, 0.15) is 0 Å². The molecule has 0 aliphatic carbocycles. The Hall–Kier alpha value is -1.77. The van der Waals surface area contributed by atoms with E-state index in [4.69, 9.17) is 0 Å². The quantitative estimate of drug-likeness (QED) is 0.621. The van der Waals surface area contributed by atoms with Gasteiger partial charge in [0.05, 0.1) is 0 Å². The van der Waals surface area contributed by atoms with Gasteiger partial charge >= 0.3 is 125 Å². The maximum atomic E-state index is 13.7. The van der Waals surface area contributed by atoms with E-state index in [9.17, 15) is 13.2 Å². The molecule has 0 fully saturated rings. The van der Waals surface area contributed by atoms with E-state index in [1.807, 2.05) is 18.2 Å². The molecule has 3 aromatic carbocycles. The Morgan fingerprint density at radius 3 is 2.00 bits per heavy atom. The number of rotatable bonds is 2. The van der Waals surface area contributed by atoms with Crippen LogP contribution in [0.2, 0.25) is 0 Å². The molecule has 0 saturated heterocycles. The van der Waals surface area contributed by atoms with E-state index in [1.165, 1.54) is 0 Å². The fourth-order valence-corrected chi connectivity index (χ4v) is 6.59. The number of alkyl halides is 3. The zero-order valence-electron chi connectivity index (χ0n) is 11.0. The SMILES string of the molecule is FC(F)(F)[SeH](c1ccccc1)c1cccc2ccccc12. The van der Waals surface area contributed by atoms with Gasteiger partial charge in [-0.25, -0.2) is 0 Å². The average molecular weight is 353 g/mol. The van der Waals surface area contributed by atoms with Gasteiger partial charge in [0.2, 0.25) is 0 Å². The van der Waals surface area contributed by atoms with Crippen LogP contribution in [-0.2, 0) is 0 Å². The molecule has 21 heavy (non-hydrogen) atoms. The number of benzene rings is 3. The molecule has 0 aliphatic rings. The standard InChI is InChI=1S/C17H13F3Se/c18-17(19,20)21(14-9-2-1-3-10-14)16-12-6-8-13-7-4-5-11-15(13)16/h1-12,21H. The second-order valence-electron chi connectivity index (χ2n) is 4.64. The van der Waals surface area contributed by atoms with Gasteiger partial charge in [-0.3, -0.25) is 0 Å². The Bertz CT molecular complexity index is 745. The second-order valence-corrected chi connectivity index (χ2v) is 9.20. The molecule has 0 nitrogen and oxygen atoms in total. The van der Waals surface area contributed by atoms with Crippen molar-refractivity contribution in [1.82, 2.24) is 0 Å². The first-order valence-electron chi connectivity index (χ1n) is 6.47. The molecule has 4 heteroatoms. The number of hydrogen-bond acceptors (Lipinski definition) is 0. The van der Waals surface area contributed by atoms with Gasteiger partial charge in [-0.2, -0.15) is 0 Å². The monoisotopic (exact) mass is 354 g/mol. The molecule has 0 bridgehead atoms. The maximum absolute atomic E-state index is 13.7. The minimum absolute atomic E-state index is 0.411. The van der Waals surface area contributed by atoms with Crippen molar-refractivity contribution >= 4 is 33.6 Å². The van der Waals surface area contributed by atoms with Gasteiger partial charge in [0.1, 0.15) is 0 Å². The van der Waals surface area contributed by atoms with E-state index in [0.29, 0.717) is 14.3 Å². The van der Waals surface area contributed by atoms with Gasteiger partial charge in [0, 0.05) is 0 Å². The van der Waals surface area contributed by atoms with Crippen LogP contribution in [0.5, 0.6) is 0 Å². The first-order valence-corrected chi connectivity index (χ1v) is 9.28. The zero-order chi connectivity index (χ0) is 14.9. The summed E-state index contributed by atoms with van der Waals surface area (Å²) in [4.78, 5) is 0. The van der Waals surface area contributed by atoms with Crippen molar-refractivity contribution in [1.29, 1.82) is 0 Å². The fourth-order valence-electron chi connectivity index (χ4n) is 2.40. The summed E-state index contributed by atoms with van der Waals surface area (Å²) >= 11 is -3.37. The second kappa shape index (κ2) is 5.55. The Balaban J connectivity index is 2.25. The summed E-state index contributed by atoms with van der Waals surface area (Å²) in [5, 5.41) is -2.62. The molecule has 3 aromatic rings. The van der Waals surface area contributed by atoms with Crippen LogP contribution in [0.25, 0.3) is 10.8 Å². The third kappa shape index (κ3) is 2.82. The van der Waals surface area contributed by atoms with Crippen molar-refractivity contribution in [3.63, 3.8) is 0 Å². The van der Waals surface area contributed by atoms with Gasteiger partial charge in [-0.15, -0.1) is 0 Å². The minimum atomic E-state index is -4.18. The topological polar surface area (TPSA) is 0 Å². The van der Waals surface area contributed by atoms with E-state index in [0.717, 1.165) is 5.39 Å². The van der Waals surface area contributed by atoms with Crippen LogP contribution in [0, 0.1) is 0 Å². The molecular weight excluding hydrogens is 340 g/mol. The first-order chi connectivity index (χ1) is 10.1. The molecule has 0 heterocycles. The van der Waals surface area contributed by atoms with Crippen molar-refractivity contribution in [2.45, 2.75) is 5.07 Å². The van der Waals surface area contributed by atoms with Crippen molar-refractivity contribution in [3.05, 3.63) is 72.8 Å². The van der Waals surface area contributed by atoms with E-state index in [1.54, 1.807) is 54.6 Å². The van der Waals surface area contributed by atoms with Crippen LogP contribution >= 0.6 is 0 Å². The number of fused-ring (bicyclic) bond motifs is 1. The molecule has 0 spiro atoms. The molecular formula is C17H13F3Se. The Morgan fingerprint density at radius 2 is 1.29 bits per heavy atom. The zero-order valence-corrected chi connectivity index (χ0v) is 12.9. The van der Waals surface area contributed by atoms with Crippen molar-refractivity contribution in [2.75, 3.05) is 0 Å². The summed E-state index contributed by atoms with van der Waals surface area (Å²) in [6, 6.07) is 20.7. The summed E-state index contributed by atoms with van der Waals surface area (Å²) < 4.78 is 41.9. The molecule has 1 unspecified atom stereocenters. The first kappa shape index (κ1) is 14.2. The van der Waals surface area contributed by atoms with Crippen LogP contribution in [0.3, 0.4) is 0 Å². The molecule has 108 valence electrons. The van der Waals surface area contributed by atoms with Gasteiger partial charge in [0.15, 0.2) is 0 Å². The molecule has 0 aliphatic heterocycles.